The molecule has 0 spiro atoms. The van der Waals surface area contributed by atoms with Crippen LogP contribution in [0.25, 0.3) is 0 Å². The topological polar surface area (TPSA) is 95.1 Å². The third kappa shape index (κ3) is 10.5. The zero-order valence-electron chi connectivity index (χ0n) is 21.9. The molecule has 9 nitrogen and oxygen atoms in total. The summed E-state index contributed by atoms with van der Waals surface area (Å²) in [6.45, 7) is 9.34. The van der Waals surface area contributed by atoms with Crippen LogP contribution in [0, 0.1) is 0 Å². The van der Waals surface area contributed by atoms with Gasteiger partial charge < -0.3 is 19.9 Å². The molecule has 1 rings (SSSR count). The molecule has 0 saturated heterocycles. The van der Waals surface area contributed by atoms with Gasteiger partial charge in [-0.25, -0.2) is 4.79 Å². The number of halogens is 2. The second-order valence-electron chi connectivity index (χ2n) is 9.46. The van der Waals surface area contributed by atoms with Crippen molar-refractivity contribution in [3.05, 3.63) is 29.6 Å². The number of likely N-dealkylation sites (N-methyl/N-ethyl adjacent to an activating group) is 2. The Morgan fingerprint density at radius 3 is 2.29 bits per heavy atom. The van der Waals surface area contributed by atoms with E-state index in [1.165, 1.54) is 18.0 Å². The zero-order valence-corrected chi connectivity index (χ0v) is 21.9. The lowest BCUT2D eigenvalue weighted by Gasteiger charge is -2.30. The maximum absolute atomic E-state index is 13.6. The number of nitrogens with zero attached hydrogens (tertiary/aromatic N) is 4. The number of carbonyl (C=O) groups is 3. The van der Waals surface area contributed by atoms with Crippen LogP contribution >= 0.6 is 0 Å². The standard InChI is InChI=1S/C24H39F2N5O4/c1-8-24(25,26)21(33)28-15-18-11-10-12-27-19(18)16-31(22(34)35-23(3,4)5)17-20(32)30(9-2)14-13-29(6)7/h10-12H,8-9,13-17H2,1-7H3,(H,28,33). The molecule has 0 aliphatic carbocycles. The second-order valence-corrected chi connectivity index (χ2v) is 9.46. The number of rotatable bonds is 12. The highest BCUT2D eigenvalue weighted by molar-refractivity contribution is 5.83. The lowest BCUT2D eigenvalue weighted by atomic mass is 10.1. The Morgan fingerprint density at radius 1 is 1.09 bits per heavy atom. The summed E-state index contributed by atoms with van der Waals surface area (Å²) in [6.07, 6.45) is 0.175. The van der Waals surface area contributed by atoms with Crippen LogP contribution in [0.4, 0.5) is 13.6 Å². The first-order valence-corrected chi connectivity index (χ1v) is 11.7. The van der Waals surface area contributed by atoms with Gasteiger partial charge in [-0.15, -0.1) is 0 Å². The summed E-state index contributed by atoms with van der Waals surface area (Å²) in [5, 5.41) is 2.22. The zero-order chi connectivity index (χ0) is 26.8. The second kappa shape index (κ2) is 13.3. The summed E-state index contributed by atoms with van der Waals surface area (Å²) in [7, 11) is 3.81. The average molecular weight is 500 g/mol. The third-order valence-electron chi connectivity index (χ3n) is 5.07. The maximum atomic E-state index is 13.6. The molecule has 3 amide bonds. The number of hydrogen-bond acceptors (Lipinski definition) is 6. The van der Waals surface area contributed by atoms with E-state index in [1.807, 2.05) is 25.9 Å². The molecule has 0 saturated carbocycles. The fraction of sp³-hybridized carbons (Fsp3) is 0.667. The summed E-state index contributed by atoms with van der Waals surface area (Å²) >= 11 is 0. The first-order valence-electron chi connectivity index (χ1n) is 11.7. The van der Waals surface area contributed by atoms with Gasteiger partial charge in [0, 0.05) is 38.8 Å². The first-order chi connectivity index (χ1) is 16.2. The van der Waals surface area contributed by atoms with E-state index in [0.717, 1.165) is 0 Å². The average Bonchev–Trinajstić information content (AvgIpc) is 2.76. The van der Waals surface area contributed by atoms with Crippen molar-refractivity contribution >= 4 is 17.9 Å². The molecule has 35 heavy (non-hydrogen) atoms. The van der Waals surface area contributed by atoms with Crippen LogP contribution in [-0.4, -0.2) is 89.4 Å². The molecular weight excluding hydrogens is 460 g/mol. The number of hydrogen-bond donors (Lipinski definition) is 1. The normalized spacial score (nSPS) is 11.8. The summed E-state index contributed by atoms with van der Waals surface area (Å²) in [5.41, 5.74) is 0.0248. The Kier molecular flexibility index (Phi) is 11.5. The van der Waals surface area contributed by atoms with Gasteiger partial charge in [0.25, 0.3) is 5.91 Å². The van der Waals surface area contributed by atoms with Gasteiger partial charge in [-0.2, -0.15) is 8.78 Å². The molecule has 1 aromatic rings. The molecule has 11 heteroatoms. The van der Waals surface area contributed by atoms with Crippen LogP contribution in [0.1, 0.15) is 52.3 Å². The van der Waals surface area contributed by atoms with Gasteiger partial charge in [0.05, 0.1) is 12.2 Å². The summed E-state index contributed by atoms with van der Waals surface area (Å²) < 4.78 is 32.8. The molecular formula is C24H39F2N5O4. The first kappa shape index (κ1) is 30.2. The number of aromatic nitrogens is 1. The molecule has 0 aliphatic heterocycles. The van der Waals surface area contributed by atoms with Crippen LogP contribution < -0.4 is 5.32 Å². The Bertz CT molecular complexity index is 859. The van der Waals surface area contributed by atoms with E-state index in [2.05, 4.69) is 10.3 Å². The summed E-state index contributed by atoms with van der Waals surface area (Å²) in [5.74, 6) is -5.12. The quantitative estimate of drug-likeness (QED) is 0.475. The van der Waals surface area contributed by atoms with Gasteiger partial charge >= 0.3 is 12.0 Å². The number of alkyl halides is 2. The fourth-order valence-electron chi connectivity index (χ4n) is 2.98. The molecule has 0 aromatic carbocycles. The van der Waals surface area contributed by atoms with Crippen molar-refractivity contribution in [3.8, 4) is 0 Å². The predicted molar refractivity (Wildman–Crippen MR) is 129 cm³/mol. The molecule has 1 N–H and O–H groups in total. The van der Waals surface area contributed by atoms with Crippen LogP contribution in [0.5, 0.6) is 0 Å². The number of pyridine rings is 1. The molecule has 0 bridgehead atoms. The van der Waals surface area contributed by atoms with Gasteiger partial charge in [-0.3, -0.25) is 19.5 Å². The molecule has 0 atom stereocenters. The van der Waals surface area contributed by atoms with Crippen LogP contribution in [0.15, 0.2) is 18.3 Å². The molecule has 0 unspecified atom stereocenters. The van der Waals surface area contributed by atoms with E-state index in [0.29, 0.717) is 30.9 Å². The van der Waals surface area contributed by atoms with Crippen molar-refractivity contribution in [1.29, 1.82) is 0 Å². The van der Waals surface area contributed by atoms with E-state index < -0.39 is 29.9 Å². The highest BCUT2D eigenvalue weighted by Crippen LogP contribution is 2.19. The minimum absolute atomic E-state index is 0.0951. The van der Waals surface area contributed by atoms with Crippen molar-refractivity contribution in [1.82, 2.24) is 25.0 Å². The van der Waals surface area contributed by atoms with Gasteiger partial charge in [-0.1, -0.05) is 13.0 Å². The molecule has 0 aliphatic rings. The molecule has 0 radical (unpaired) electrons. The smallest absolute Gasteiger partial charge is 0.411 e. The monoisotopic (exact) mass is 499 g/mol. The van der Waals surface area contributed by atoms with E-state index in [9.17, 15) is 23.2 Å². The van der Waals surface area contributed by atoms with Gasteiger partial charge in [-0.05, 0) is 53.4 Å². The van der Waals surface area contributed by atoms with E-state index in [1.54, 1.807) is 37.8 Å². The molecule has 0 fully saturated rings. The summed E-state index contributed by atoms with van der Waals surface area (Å²) in [6, 6.07) is 3.23. The van der Waals surface area contributed by atoms with E-state index in [4.69, 9.17) is 4.74 Å². The van der Waals surface area contributed by atoms with Crippen LogP contribution in [-0.2, 0) is 27.4 Å². The van der Waals surface area contributed by atoms with Gasteiger partial charge in [0.2, 0.25) is 5.91 Å². The van der Waals surface area contributed by atoms with Crippen molar-refractivity contribution in [2.45, 2.75) is 65.7 Å². The highest BCUT2D eigenvalue weighted by Gasteiger charge is 2.36. The van der Waals surface area contributed by atoms with Crippen LogP contribution in [0.3, 0.4) is 0 Å². The molecule has 198 valence electrons. The number of amides is 3. The van der Waals surface area contributed by atoms with Gasteiger partial charge in [0.1, 0.15) is 12.1 Å². The fourth-order valence-corrected chi connectivity index (χ4v) is 2.98. The number of carbonyl (C=O) groups excluding carboxylic acids is 3. The lowest BCUT2D eigenvalue weighted by Crippen LogP contribution is -2.46. The number of nitrogens with one attached hydrogen (secondary N) is 1. The Morgan fingerprint density at radius 2 is 1.74 bits per heavy atom. The lowest BCUT2D eigenvalue weighted by molar-refractivity contribution is -0.146. The van der Waals surface area contributed by atoms with E-state index >= 15 is 0 Å². The third-order valence-corrected chi connectivity index (χ3v) is 5.07. The largest absolute Gasteiger partial charge is 0.444 e. The Balaban J connectivity index is 3.11. The van der Waals surface area contributed by atoms with Crippen molar-refractivity contribution in [3.63, 3.8) is 0 Å². The Labute approximate surface area is 206 Å². The van der Waals surface area contributed by atoms with Crippen molar-refractivity contribution in [2.24, 2.45) is 0 Å². The predicted octanol–water partition coefficient (Wildman–Crippen LogP) is 2.89. The van der Waals surface area contributed by atoms with Crippen LogP contribution in [0.2, 0.25) is 0 Å². The van der Waals surface area contributed by atoms with Crippen molar-refractivity contribution in [2.75, 3.05) is 40.3 Å². The van der Waals surface area contributed by atoms with Crippen molar-refractivity contribution < 1.29 is 27.9 Å². The summed E-state index contributed by atoms with van der Waals surface area (Å²) in [4.78, 5) is 46.9. The van der Waals surface area contributed by atoms with E-state index in [-0.39, 0.29) is 25.5 Å². The number of ether oxygens (including phenoxy) is 1. The molecule has 1 heterocycles. The highest BCUT2D eigenvalue weighted by atomic mass is 19.3. The van der Waals surface area contributed by atoms with Gasteiger partial charge in [0.15, 0.2) is 0 Å². The minimum Gasteiger partial charge on any atom is -0.444 e. The Hall–Kier alpha value is -2.82. The maximum Gasteiger partial charge on any atom is 0.411 e. The SMILES string of the molecule is CCN(CCN(C)C)C(=O)CN(Cc1ncccc1CNC(=O)C(F)(F)CC)C(=O)OC(C)(C)C. The molecule has 1 aromatic heterocycles. The minimum atomic E-state index is -3.48.